The molecule has 126 valence electrons. The molecular weight excluding hydrogens is 325 g/mol. The van der Waals surface area contributed by atoms with Gasteiger partial charge in [0.05, 0.1) is 23.9 Å². The average molecular weight is 338 g/mol. The fraction of sp³-hybridized carbons (Fsp3) is 0.125. The van der Waals surface area contributed by atoms with E-state index in [4.69, 9.17) is 0 Å². The Kier molecular flexibility index (Phi) is 5.08. The minimum Gasteiger partial charge on any atom is -0.465 e. The number of esters is 1. The Balaban J connectivity index is 2.08. The molecule has 0 saturated heterocycles. The maximum atomic E-state index is 12.9. The molecule has 2 aromatic carbocycles. The third-order valence-corrected chi connectivity index (χ3v) is 3.04. The number of anilines is 2. The molecule has 0 spiro atoms. The highest BCUT2D eigenvalue weighted by Crippen LogP contribution is 2.34. The van der Waals surface area contributed by atoms with Gasteiger partial charge in [0.25, 0.3) is 0 Å². The fourth-order valence-corrected chi connectivity index (χ4v) is 1.93. The molecule has 2 N–H and O–H groups in total. The first-order chi connectivity index (χ1) is 11.3. The third-order valence-electron chi connectivity index (χ3n) is 3.04. The molecule has 0 aliphatic carbocycles. The number of alkyl halides is 3. The number of carbonyl (C=O) groups is 2. The summed E-state index contributed by atoms with van der Waals surface area (Å²) in [7, 11) is 1.24. The molecule has 0 aliphatic rings. The van der Waals surface area contributed by atoms with Crippen LogP contribution >= 0.6 is 0 Å². The minimum absolute atomic E-state index is 0.283. The molecule has 0 saturated carbocycles. The van der Waals surface area contributed by atoms with E-state index in [-0.39, 0.29) is 11.3 Å². The summed E-state index contributed by atoms with van der Waals surface area (Å²) in [6.07, 6.45) is -4.58. The van der Waals surface area contributed by atoms with Crippen LogP contribution < -0.4 is 10.6 Å². The van der Waals surface area contributed by atoms with Crippen LogP contribution in [0.25, 0.3) is 0 Å². The van der Waals surface area contributed by atoms with E-state index < -0.39 is 23.7 Å². The summed E-state index contributed by atoms with van der Waals surface area (Å²) < 4.78 is 43.1. The van der Waals surface area contributed by atoms with Crippen molar-refractivity contribution >= 4 is 23.4 Å². The van der Waals surface area contributed by atoms with Crippen molar-refractivity contribution < 1.29 is 27.5 Å². The Hall–Kier alpha value is -3.03. The molecule has 0 aromatic heterocycles. The van der Waals surface area contributed by atoms with Crippen molar-refractivity contribution in [2.24, 2.45) is 0 Å². The quantitative estimate of drug-likeness (QED) is 0.827. The van der Waals surface area contributed by atoms with Crippen LogP contribution in [-0.2, 0) is 10.9 Å². The second-order valence-electron chi connectivity index (χ2n) is 4.69. The monoisotopic (exact) mass is 338 g/mol. The number of rotatable bonds is 3. The number of nitrogens with one attached hydrogen (secondary N) is 2. The number of halogens is 3. The Morgan fingerprint density at radius 1 is 0.958 bits per heavy atom. The van der Waals surface area contributed by atoms with E-state index in [1.165, 1.54) is 43.5 Å². The van der Waals surface area contributed by atoms with Gasteiger partial charge in [0.15, 0.2) is 0 Å². The highest BCUT2D eigenvalue weighted by atomic mass is 19.4. The van der Waals surface area contributed by atoms with Gasteiger partial charge in [-0.1, -0.05) is 12.1 Å². The smallest absolute Gasteiger partial charge is 0.418 e. The summed E-state index contributed by atoms with van der Waals surface area (Å²) in [5, 5.41) is 4.54. The number of methoxy groups -OCH3 is 1. The lowest BCUT2D eigenvalue weighted by Gasteiger charge is -2.14. The standard InChI is InChI=1S/C16H13F3N2O3/c1-24-14(22)10-6-8-11(9-7-10)20-15(23)21-13-5-3-2-4-12(13)16(17,18)19/h2-9H,1H3,(H2,20,21,23). The third kappa shape index (κ3) is 4.25. The fourth-order valence-electron chi connectivity index (χ4n) is 1.93. The first-order valence-corrected chi connectivity index (χ1v) is 6.74. The van der Waals surface area contributed by atoms with Crippen molar-refractivity contribution in [2.45, 2.75) is 6.18 Å². The molecule has 2 amide bonds. The average Bonchev–Trinajstić information content (AvgIpc) is 2.54. The number of urea groups is 1. The van der Waals surface area contributed by atoms with E-state index in [1.54, 1.807) is 0 Å². The summed E-state index contributed by atoms with van der Waals surface area (Å²) in [5.41, 5.74) is -0.703. The van der Waals surface area contributed by atoms with E-state index in [1.807, 2.05) is 0 Å². The molecular formula is C16H13F3N2O3. The highest BCUT2D eigenvalue weighted by Gasteiger charge is 2.33. The molecule has 0 atom stereocenters. The summed E-state index contributed by atoms with van der Waals surface area (Å²) in [6.45, 7) is 0. The van der Waals surface area contributed by atoms with Gasteiger partial charge in [0, 0.05) is 5.69 Å². The number of ether oxygens (including phenoxy) is 1. The zero-order valence-corrected chi connectivity index (χ0v) is 12.5. The molecule has 8 heteroatoms. The molecule has 0 heterocycles. The van der Waals surface area contributed by atoms with Gasteiger partial charge in [-0.25, -0.2) is 9.59 Å². The lowest BCUT2D eigenvalue weighted by molar-refractivity contribution is -0.136. The van der Waals surface area contributed by atoms with Gasteiger partial charge < -0.3 is 15.4 Å². The SMILES string of the molecule is COC(=O)c1ccc(NC(=O)Nc2ccccc2C(F)(F)F)cc1. The Labute approximate surface area is 135 Å². The van der Waals surface area contributed by atoms with Crippen LogP contribution in [0.4, 0.5) is 29.3 Å². The predicted octanol–water partition coefficient (Wildman–Crippen LogP) is 4.14. The molecule has 0 aliphatic heterocycles. The summed E-state index contributed by atoms with van der Waals surface area (Å²) in [6, 6.07) is 9.52. The van der Waals surface area contributed by atoms with Crippen molar-refractivity contribution in [3.63, 3.8) is 0 Å². The number of hydrogen-bond donors (Lipinski definition) is 2. The van der Waals surface area contributed by atoms with Gasteiger partial charge in [-0.3, -0.25) is 0 Å². The maximum absolute atomic E-state index is 12.9. The number of hydrogen-bond acceptors (Lipinski definition) is 3. The van der Waals surface area contributed by atoms with E-state index in [0.29, 0.717) is 5.69 Å². The molecule has 0 radical (unpaired) electrons. The van der Waals surface area contributed by atoms with Crippen LogP contribution in [0.15, 0.2) is 48.5 Å². The van der Waals surface area contributed by atoms with E-state index in [9.17, 15) is 22.8 Å². The largest absolute Gasteiger partial charge is 0.465 e. The van der Waals surface area contributed by atoms with Crippen molar-refractivity contribution in [2.75, 3.05) is 17.7 Å². The van der Waals surface area contributed by atoms with Crippen LogP contribution in [0.1, 0.15) is 15.9 Å². The molecule has 2 rings (SSSR count). The molecule has 0 unspecified atom stereocenters. The number of para-hydroxylation sites is 1. The zero-order valence-electron chi connectivity index (χ0n) is 12.5. The van der Waals surface area contributed by atoms with Crippen molar-refractivity contribution in [3.8, 4) is 0 Å². The van der Waals surface area contributed by atoms with Crippen molar-refractivity contribution in [3.05, 3.63) is 59.7 Å². The summed E-state index contributed by atoms with van der Waals surface area (Å²) in [5.74, 6) is -0.537. The number of carbonyl (C=O) groups excluding carboxylic acids is 2. The lowest BCUT2D eigenvalue weighted by atomic mass is 10.1. The first kappa shape index (κ1) is 17.3. The molecule has 24 heavy (non-hydrogen) atoms. The predicted molar refractivity (Wildman–Crippen MR) is 81.9 cm³/mol. The van der Waals surface area contributed by atoms with Crippen LogP contribution in [0.2, 0.25) is 0 Å². The van der Waals surface area contributed by atoms with E-state index in [0.717, 1.165) is 12.1 Å². The summed E-state index contributed by atoms with van der Waals surface area (Å²) >= 11 is 0. The lowest BCUT2D eigenvalue weighted by Crippen LogP contribution is -2.21. The highest BCUT2D eigenvalue weighted by molar-refractivity contribution is 6.00. The molecule has 2 aromatic rings. The van der Waals surface area contributed by atoms with Crippen LogP contribution in [0.5, 0.6) is 0 Å². The van der Waals surface area contributed by atoms with E-state index in [2.05, 4.69) is 15.4 Å². The Morgan fingerprint density at radius 2 is 1.58 bits per heavy atom. The van der Waals surface area contributed by atoms with Crippen LogP contribution in [0.3, 0.4) is 0 Å². The maximum Gasteiger partial charge on any atom is 0.418 e. The minimum atomic E-state index is -4.58. The second-order valence-corrected chi connectivity index (χ2v) is 4.69. The van der Waals surface area contributed by atoms with Gasteiger partial charge >= 0.3 is 18.2 Å². The van der Waals surface area contributed by atoms with Crippen molar-refractivity contribution in [1.82, 2.24) is 0 Å². The molecule has 5 nitrogen and oxygen atoms in total. The summed E-state index contributed by atoms with van der Waals surface area (Å²) in [4.78, 5) is 23.1. The normalized spacial score (nSPS) is 10.8. The van der Waals surface area contributed by atoms with E-state index >= 15 is 0 Å². The Bertz CT molecular complexity index is 743. The van der Waals surface area contributed by atoms with Crippen LogP contribution in [-0.4, -0.2) is 19.1 Å². The zero-order chi connectivity index (χ0) is 17.7. The van der Waals surface area contributed by atoms with Gasteiger partial charge in [-0.2, -0.15) is 13.2 Å². The van der Waals surface area contributed by atoms with Crippen LogP contribution in [0, 0.1) is 0 Å². The number of amides is 2. The molecule has 0 fully saturated rings. The van der Waals surface area contributed by atoms with Gasteiger partial charge in [0.2, 0.25) is 0 Å². The van der Waals surface area contributed by atoms with Crippen molar-refractivity contribution in [1.29, 1.82) is 0 Å². The van der Waals surface area contributed by atoms with Gasteiger partial charge in [-0.05, 0) is 36.4 Å². The van der Waals surface area contributed by atoms with Gasteiger partial charge in [0.1, 0.15) is 0 Å². The molecule has 0 bridgehead atoms. The Morgan fingerprint density at radius 3 is 2.17 bits per heavy atom. The number of benzene rings is 2. The van der Waals surface area contributed by atoms with Gasteiger partial charge in [-0.15, -0.1) is 0 Å². The first-order valence-electron chi connectivity index (χ1n) is 6.74. The topological polar surface area (TPSA) is 67.4 Å². The second kappa shape index (κ2) is 7.03.